The van der Waals surface area contributed by atoms with Gasteiger partial charge < -0.3 is 26.4 Å². The van der Waals surface area contributed by atoms with Crippen LogP contribution in [-0.2, 0) is 0 Å². The van der Waals surface area contributed by atoms with Crippen molar-refractivity contribution in [2.75, 3.05) is 24.2 Å². The lowest BCUT2D eigenvalue weighted by atomic mass is 10.1. The van der Waals surface area contributed by atoms with Gasteiger partial charge in [-0.3, -0.25) is 4.79 Å². The molecule has 4 aromatic rings. The number of rotatable bonds is 8. The molecule has 0 radical (unpaired) electrons. The van der Waals surface area contributed by atoms with Gasteiger partial charge in [-0.1, -0.05) is 24.3 Å². The first-order valence-corrected chi connectivity index (χ1v) is 10.8. The largest absolute Gasteiger partial charge is 0.410 e. The lowest BCUT2D eigenvalue weighted by Gasteiger charge is -2.21. The number of halogens is 2. The van der Waals surface area contributed by atoms with Gasteiger partial charge in [0.05, 0.1) is 6.04 Å². The molecule has 0 aliphatic heterocycles. The van der Waals surface area contributed by atoms with Gasteiger partial charge in [0, 0.05) is 17.6 Å². The molecule has 2 amide bonds. The van der Waals surface area contributed by atoms with E-state index in [1.54, 1.807) is 43.4 Å². The molecule has 1 unspecified atom stereocenters. The Kier molecular flexibility index (Phi) is 7.31. The summed E-state index contributed by atoms with van der Waals surface area (Å²) in [7, 11) is 1.78. The summed E-state index contributed by atoms with van der Waals surface area (Å²) in [6.07, 6.45) is 0.368. The maximum Gasteiger partial charge on any atom is 0.410 e. The van der Waals surface area contributed by atoms with E-state index in [9.17, 15) is 18.4 Å². The van der Waals surface area contributed by atoms with Crippen LogP contribution in [0.25, 0.3) is 10.9 Å². The highest BCUT2D eigenvalue weighted by atomic mass is 19.1. The van der Waals surface area contributed by atoms with Crippen molar-refractivity contribution >= 4 is 34.4 Å². The third-order valence-corrected chi connectivity index (χ3v) is 5.29. The van der Waals surface area contributed by atoms with Crippen LogP contribution in [-0.4, -0.2) is 35.6 Å². The fourth-order valence-corrected chi connectivity index (χ4v) is 3.73. The van der Waals surface area contributed by atoms with Crippen LogP contribution in [0.5, 0.6) is 5.75 Å². The Balaban J connectivity index is 1.62. The van der Waals surface area contributed by atoms with Gasteiger partial charge in [0.2, 0.25) is 0 Å². The number of nitrogens with one attached hydrogen (secondary N) is 3. The summed E-state index contributed by atoms with van der Waals surface area (Å²) in [5, 5.41) is 9.56. The van der Waals surface area contributed by atoms with E-state index in [0.29, 0.717) is 29.0 Å². The molecule has 0 saturated carbocycles. The fraction of sp³-hybridized carbons (Fsp3) is 0.120. The number of amides is 2. The normalized spacial score (nSPS) is 11.6. The molecule has 1 aromatic heterocycles. The van der Waals surface area contributed by atoms with E-state index in [0.717, 1.165) is 17.7 Å². The van der Waals surface area contributed by atoms with Crippen molar-refractivity contribution in [2.45, 2.75) is 6.04 Å². The number of ether oxygens (including phenoxy) is 1. The van der Waals surface area contributed by atoms with E-state index in [1.165, 1.54) is 12.4 Å². The summed E-state index contributed by atoms with van der Waals surface area (Å²) in [5.41, 5.74) is 6.00. The highest BCUT2D eigenvalue weighted by molar-refractivity contribution is 6.04. The average Bonchev–Trinajstić information content (AvgIpc) is 2.84. The third-order valence-electron chi connectivity index (χ3n) is 5.29. The first-order chi connectivity index (χ1) is 17.4. The zero-order valence-corrected chi connectivity index (χ0v) is 19.1. The van der Waals surface area contributed by atoms with E-state index in [2.05, 4.69) is 25.9 Å². The van der Waals surface area contributed by atoms with Crippen LogP contribution in [0, 0.1) is 11.6 Å². The van der Waals surface area contributed by atoms with Crippen molar-refractivity contribution in [1.82, 2.24) is 15.3 Å². The SMILES string of the molecule is CNCC(Nc1ncnc2c(OC(N)=O)cccc12)c1cccc(NC(=O)c2c(F)cccc2F)c1. The number of benzene rings is 3. The van der Waals surface area contributed by atoms with Gasteiger partial charge in [-0.15, -0.1) is 0 Å². The number of likely N-dealkylation sites (N-methyl/N-ethyl adjacent to an activating group) is 1. The lowest BCUT2D eigenvalue weighted by molar-refractivity contribution is 0.101. The molecule has 1 atom stereocenters. The number of aromatic nitrogens is 2. The smallest absolute Gasteiger partial charge is 0.408 e. The predicted molar refractivity (Wildman–Crippen MR) is 131 cm³/mol. The summed E-state index contributed by atoms with van der Waals surface area (Å²) in [6.45, 7) is 0.461. The van der Waals surface area contributed by atoms with Gasteiger partial charge in [0.15, 0.2) is 5.75 Å². The Morgan fingerprint density at radius 1 is 1.03 bits per heavy atom. The summed E-state index contributed by atoms with van der Waals surface area (Å²) in [6, 6.07) is 14.8. The van der Waals surface area contributed by atoms with Crippen molar-refractivity contribution < 1.29 is 23.1 Å². The number of carbonyl (C=O) groups is 2. The van der Waals surface area contributed by atoms with E-state index < -0.39 is 29.2 Å². The highest BCUT2D eigenvalue weighted by Crippen LogP contribution is 2.30. The number of fused-ring (bicyclic) bond motifs is 1. The van der Waals surface area contributed by atoms with Gasteiger partial charge in [-0.05, 0) is 49.0 Å². The van der Waals surface area contributed by atoms with Gasteiger partial charge in [-0.25, -0.2) is 23.5 Å². The Hall–Kier alpha value is -4.64. The summed E-state index contributed by atoms with van der Waals surface area (Å²) < 4.78 is 33.1. The third kappa shape index (κ3) is 5.36. The Morgan fingerprint density at radius 2 is 1.75 bits per heavy atom. The van der Waals surface area contributed by atoms with Crippen LogP contribution < -0.4 is 26.4 Å². The predicted octanol–water partition coefficient (Wildman–Crippen LogP) is 3.99. The van der Waals surface area contributed by atoms with Crippen LogP contribution >= 0.6 is 0 Å². The number of anilines is 2. The molecule has 184 valence electrons. The molecule has 1 heterocycles. The van der Waals surface area contributed by atoms with E-state index in [1.807, 2.05) is 6.07 Å². The van der Waals surface area contributed by atoms with Crippen LogP contribution in [0.4, 0.5) is 25.1 Å². The summed E-state index contributed by atoms with van der Waals surface area (Å²) >= 11 is 0. The van der Waals surface area contributed by atoms with Crippen molar-refractivity contribution in [2.24, 2.45) is 5.73 Å². The minimum atomic E-state index is -0.960. The van der Waals surface area contributed by atoms with E-state index >= 15 is 0 Å². The standard InChI is InChI=1S/C25H22F2N6O3/c1-29-12-19(33-23-16-7-3-10-20(36-25(28)35)22(16)30-13-31-23)14-5-2-6-15(11-14)32-24(34)21-17(26)8-4-9-18(21)27/h2-11,13,19,29H,12H2,1H3,(H2,28,35)(H,32,34)(H,30,31,33). The van der Waals surface area contributed by atoms with E-state index in [-0.39, 0.29) is 11.8 Å². The van der Waals surface area contributed by atoms with Crippen LogP contribution in [0.3, 0.4) is 0 Å². The molecule has 11 heteroatoms. The van der Waals surface area contributed by atoms with Crippen LogP contribution in [0.15, 0.2) is 67.0 Å². The highest BCUT2D eigenvalue weighted by Gasteiger charge is 2.19. The van der Waals surface area contributed by atoms with Crippen LogP contribution in [0.2, 0.25) is 0 Å². The zero-order chi connectivity index (χ0) is 25.7. The molecule has 4 rings (SSSR count). The lowest BCUT2D eigenvalue weighted by Crippen LogP contribution is -2.24. The van der Waals surface area contributed by atoms with Crippen molar-refractivity contribution in [3.63, 3.8) is 0 Å². The monoisotopic (exact) mass is 492 g/mol. The molecular weight excluding hydrogens is 470 g/mol. The molecule has 0 bridgehead atoms. The van der Waals surface area contributed by atoms with Gasteiger partial charge in [0.25, 0.3) is 5.91 Å². The molecule has 0 aliphatic rings. The molecule has 0 aliphatic carbocycles. The molecule has 9 nitrogen and oxygen atoms in total. The van der Waals surface area contributed by atoms with Gasteiger partial charge >= 0.3 is 6.09 Å². The van der Waals surface area contributed by atoms with E-state index in [4.69, 9.17) is 10.5 Å². The Morgan fingerprint density at radius 3 is 2.47 bits per heavy atom. The molecule has 0 fully saturated rings. The summed E-state index contributed by atoms with van der Waals surface area (Å²) in [5.74, 6) is -2.13. The number of nitrogens with zero attached hydrogens (tertiary/aromatic N) is 2. The number of primary amides is 1. The second-order valence-electron chi connectivity index (χ2n) is 7.73. The molecule has 0 spiro atoms. The molecule has 3 aromatic carbocycles. The van der Waals surface area contributed by atoms with Gasteiger partial charge in [0.1, 0.15) is 34.9 Å². The first-order valence-electron chi connectivity index (χ1n) is 10.8. The first kappa shape index (κ1) is 24.5. The number of nitrogens with two attached hydrogens (primary N) is 1. The van der Waals surface area contributed by atoms with Crippen molar-refractivity contribution in [3.05, 3.63) is 89.8 Å². The van der Waals surface area contributed by atoms with Crippen LogP contribution in [0.1, 0.15) is 22.0 Å². The average molecular weight is 492 g/mol. The quantitative estimate of drug-likeness (QED) is 0.292. The van der Waals surface area contributed by atoms with Crippen molar-refractivity contribution in [1.29, 1.82) is 0 Å². The second kappa shape index (κ2) is 10.7. The molecular formula is C25H22F2N6O3. The maximum absolute atomic E-state index is 14.0. The Labute approximate surface area is 204 Å². The minimum Gasteiger partial charge on any atom is -0.408 e. The number of carbonyl (C=O) groups excluding carboxylic acids is 2. The number of para-hydroxylation sites is 1. The maximum atomic E-state index is 14.0. The fourth-order valence-electron chi connectivity index (χ4n) is 3.73. The molecule has 5 N–H and O–H groups in total. The number of hydrogen-bond donors (Lipinski definition) is 4. The van der Waals surface area contributed by atoms with Gasteiger partial charge in [-0.2, -0.15) is 0 Å². The molecule has 0 saturated heterocycles. The minimum absolute atomic E-state index is 0.195. The Bertz CT molecular complexity index is 1410. The zero-order valence-electron chi connectivity index (χ0n) is 19.1. The molecule has 36 heavy (non-hydrogen) atoms. The second-order valence-corrected chi connectivity index (χ2v) is 7.73. The topological polar surface area (TPSA) is 131 Å². The summed E-state index contributed by atoms with van der Waals surface area (Å²) in [4.78, 5) is 32.3. The number of hydrogen-bond acceptors (Lipinski definition) is 7. The van der Waals surface area contributed by atoms with Crippen molar-refractivity contribution in [3.8, 4) is 5.75 Å².